The van der Waals surface area contributed by atoms with Crippen LogP contribution in [0.2, 0.25) is 0 Å². The summed E-state index contributed by atoms with van der Waals surface area (Å²) >= 11 is 0. The van der Waals surface area contributed by atoms with E-state index in [1.54, 1.807) is 24.4 Å². The maximum absolute atomic E-state index is 13.0. The van der Waals surface area contributed by atoms with Gasteiger partial charge in [0.25, 0.3) is 5.56 Å². The highest BCUT2D eigenvalue weighted by Gasteiger charge is 2.28. The second kappa shape index (κ2) is 9.60. The van der Waals surface area contributed by atoms with Crippen LogP contribution in [0.25, 0.3) is 10.8 Å². The molecule has 0 radical (unpaired) electrons. The van der Waals surface area contributed by atoms with Gasteiger partial charge >= 0.3 is 0 Å². The molecule has 2 amide bonds. The average Bonchev–Trinajstić information content (AvgIpc) is 2.69. The number of aromatic nitrogens is 1. The summed E-state index contributed by atoms with van der Waals surface area (Å²) in [5.74, 6) is -0.664. The number of hydrogen-bond acceptors (Lipinski definition) is 5. The quantitative estimate of drug-likeness (QED) is 0.497. The van der Waals surface area contributed by atoms with Crippen molar-refractivity contribution in [1.82, 2.24) is 9.88 Å². The average molecular weight is 398 g/mol. The first-order chi connectivity index (χ1) is 14.0. The van der Waals surface area contributed by atoms with Crippen LogP contribution < -0.4 is 10.9 Å². The van der Waals surface area contributed by atoms with E-state index in [2.05, 4.69) is 5.32 Å². The molecule has 1 atom stereocenters. The number of hydrogen-bond donors (Lipinski definition) is 2. The van der Waals surface area contributed by atoms with Gasteiger partial charge in [0.2, 0.25) is 11.8 Å². The van der Waals surface area contributed by atoms with E-state index in [1.807, 2.05) is 6.07 Å². The van der Waals surface area contributed by atoms with Gasteiger partial charge in [0.15, 0.2) is 0 Å². The molecule has 7 nitrogen and oxygen atoms in total. The molecule has 154 valence electrons. The van der Waals surface area contributed by atoms with Crippen molar-refractivity contribution in [2.75, 3.05) is 6.61 Å². The normalized spacial score (nSPS) is 16.8. The number of aliphatic hydroxyl groups excluding tert-OH is 1. The van der Waals surface area contributed by atoms with Crippen LogP contribution in [0.5, 0.6) is 0 Å². The number of amides is 2. The lowest BCUT2D eigenvalue weighted by Gasteiger charge is -2.23. The summed E-state index contributed by atoms with van der Waals surface area (Å²) in [7, 11) is 0. The Morgan fingerprint density at radius 1 is 1.07 bits per heavy atom. The third-order valence-electron chi connectivity index (χ3n) is 5.36. The first kappa shape index (κ1) is 20.9. The number of nitrogens with zero attached hydrogens (tertiary/aromatic N) is 1. The fourth-order valence-corrected chi connectivity index (χ4v) is 3.79. The number of imide groups is 1. The monoisotopic (exact) mass is 398 g/mol. The number of pyridine rings is 1. The van der Waals surface area contributed by atoms with E-state index in [4.69, 9.17) is 5.11 Å². The number of aliphatic hydroxyl groups is 1. The van der Waals surface area contributed by atoms with Gasteiger partial charge in [-0.1, -0.05) is 25.0 Å². The molecule has 3 rings (SSSR count). The molecule has 7 heteroatoms. The summed E-state index contributed by atoms with van der Waals surface area (Å²) in [4.78, 5) is 48.8. The van der Waals surface area contributed by atoms with Crippen molar-refractivity contribution in [3.05, 3.63) is 46.4 Å². The van der Waals surface area contributed by atoms with Crippen LogP contribution in [0.4, 0.5) is 0 Å². The molecule has 1 unspecified atom stereocenters. The van der Waals surface area contributed by atoms with E-state index in [0.717, 1.165) is 36.6 Å². The summed E-state index contributed by atoms with van der Waals surface area (Å²) in [5, 5.41) is 12.2. The lowest BCUT2D eigenvalue weighted by Crippen LogP contribution is -2.44. The number of carbonyl (C=O) groups excluding carboxylic acids is 3. The Bertz CT molecular complexity index is 979. The maximum atomic E-state index is 13.0. The SMILES string of the molecule is O=C(CCCCCCO)Cc1cccc2c(=O)n(C3CCC(=O)NC3=O)ccc12. The van der Waals surface area contributed by atoms with Crippen LogP contribution in [0, 0.1) is 0 Å². The third-order valence-corrected chi connectivity index (χ3v) is 5.36. The van der Waals surface area contributed by atoms with Gasteiger partial charge in [-0.3, -0.25) is 24.5 Å². The van der Waals surface area contributed by atoms with E-state index in [9.17, 15) is 19.2 Å². The molecule has 1 aromatic heterocycles. The molecule has 1 aliphatic rings. The Morgan fingerprint density at radius 2 is 1.86 bits per heavy atom. The molecule has 1 aromatic carbocycles. The maximum Gasteiger partial charge on any atom is 0.259 e. The molecule has 1 aliphatic heterocycles. The first-order valence-corrected chi connectivity index (χ1v) is 10.1. The predicted molar refractivity (Wildman–Crippen MR) is 109 cm³/mol. The summed E-state index contributed by atoms with van der Waals surface area (Å²) in [6, 6.07) is 6.37. The van der Waals surface area contributed by atoms with E-state index in [1.165, 1.54) is 4.57 Å². The molecule has 1 saturated heterocycles. The topological polar surface area (TPSA) is 105 Å². The fraction of sp³-hybridized carbons (Fsp3) is 0.455. The number of unbranched alkanes of at least 4 members (excludes halogenated alkanes) is 3. The highest BCUT2D eigenvalue weighted by molar-refractivity contribution is 5.99. The van der Waals surface area contributed by atoms with Crippen LogP contribution in [0.15, 0.2) is 35.3 Å². The summed E-state index contributed by atoms with van der Waals surface area (Å²) < 4.78 is 1.37. The highest BCUT2D eigenvalue weighted by atomic mass is 16.3. The van der Waals surface area contributed by atoms with Crippen molar-refractivity contribution in [1.29, 1.82) is 0 Å². The molecule has 0 aliphatic carbocycles. The van der Waals surface area contributed by atoms with E-state index in [0.29, 0.717) is 18.2 Å². The molecule has 2 heterocycles. The number of rotatable bonds is 9. The molecule has 2 N–H and O–H groups in total. The standard InChI is InChI=1S/C22H26N2O5/c25-13-4-2-1-3-7-16(26)14-15-6-5-8-18-17(15)11-12-24(22(18)29)19-9-10-20(27)23-21(19)28/h5-6,8,11-12,19,25H,1-4,7,9-10,13-14H2,(H,23,27,28). The molecular weight excluding hydrogens is 372 g/mol. The molecule has 2 aromatic rings. The molecule has 0 spiro atoms. The molecule has 29 heavy (non-hydrogen) atoms. The van der Waals surface area contributed by atoms with Crippen molar-refractivity contribution in [3.63, 3.8) is 0 Å². The fourth-order valence-electron chi connectivity index (χ4n) is 3.79. The van der Waals surface area contributed by atoms with Crippen molar-refractivity contribution in [2.24, 2.45) is 0 Å². The summed E-state index contributed by atoms with van der Waals surface area (Å²) in [5.41, 5.74) is 0.505. The zero-order chi connectivity index (χ0) is 20.8. The zero-order valence-electron chi connectivity index (χ0n) is 16.4. The predicted octanol–water partition coefficient (Wildman–Crippen LogP) is 2.03. The van der Waals surface area contributed by atoms with Crippen LogP contribution in [0.1, 0.15) is 56.6 Å². The van der Waals surface area contributed by atoms with Crippen LogP contribution in [0.3, 0.4) is 0 Å². The second-order valence-electron chi connectivity index (χ2n) is 7.48. The van der Waals surface area contributed by atoms with Gasteiger partial charge in [0, 0.05) is 37.5 Å². The first-order valence-electron chi connectivity index (χ1n) is 10.1. The lowest BCUT2D eigenvalue weighted by molar-refractivity contribution is -0.135. The van der Waals surface area contributed by atoms with E-state index in [-0.39, 0.29) is 36.7 Å². The second-order valence-corrected chi connectivity index (χ2v) is 7.48. The van der Waals surface area contributed by atoms with Gasteiger partial charge in [-0.15, -0.1) is 0 Å². The number of Topliss-reactive ketones (excluding diaryl/α,β-unsaturated/α-hetero) is 1. The minimum atomic E-state index is -0.700. The Morgan fingerprint density at radius 3 is 2.62 bits per heavy atom. The van der Waals surface area contributed by atoms with Gasteiger partial charge in [0.1, 0.15) is 11.8 Å². The number of carbonyl (C=O) groups is 3. The number of ketones is 1. The molecular formula is C22H26N2O5. The van der Waals surface area contributed by atoms with Gasteiger partial charge in [-0.2, -0.15) is 0 Å². The Labute approximate surface area is 168 Å². The van der Waals surface area contributed by atoms with Gasteiger partial charge in [-0.05, 0) is 42.3 Å². The van der Waals surface area contributed by atoms with Crippen LogP contribution >= 0.6 is 0 Å². The molecule has 0 bridgehead atoms. The Hall–Kier alpha value is -2.80. The van der Waals surface area contributed by atoms with Gasteiger partial charge < -0.3 is 9.67 Å². The van der Waals surface area contributed by atoms with Crippen LogP contribution in [-0.2, 0) is 20.8 Å². The van der Waals surface area contributed by atoms with E-state index >= 15 is 0 Å². The number of nitrogens with one attached hydrogen (secondary N) is 1. The number of fused-ring (bicyclic) bond motifs is 1. The largest absolute Gasteiger partial charge is 0.396 e. The third kappa shape index (κ3) is 4.98. The van der Waals surface area contributed by atoms with E-state index < -0.39 is 11.9 Å². The zero-order valence-corrected chi connectivity index (χ0v) is 16.4. The minimum Gasteiger partial charge on any atom is -0.396 e. The Kier molecular flexibility index (Phi) is 6.93. The number of benzene rings is 1. The summed E-state index contributed by atoms with van der Waals surface area (Å²) in [6.45, 7) is 0.181. The van der Waals surface area contributed by atoms with Crippen molar-refractivity contribution in [3.8, 4) is 0 Å². The Balaban J connectivity index is 1.77. The summed E-state index contributed by atoms with van der Waals surface area (Å²) in [6.07, 6.45) is 6.21. The minimum absolute atomic E-state index is 0.121. The van der Waals surface area contributed by atoms with Crippen molar-refractivity contribution >= 4 is 28.4 Å². The van der Waals surface area contributed by atoms with Crippen molar-refractivity contribution < 1.29 is 19.5 Å². The van der Waals surface area contributed by atoms with Gasteiger partial charge in [-0.25, -0.2) is 0 Å². The number of piperidine rings is 1. The van der Waals surface area contributed by atoms with Crippen molar-refractivity contribution in [2.45, 2.75) is 57.4 Å². The van der Waals surface area contributed by atoms with Crippen LogP contribution in [-0.4, -0.2) is 33.9 Å². The highest BCUT2D eigenvalue weighted by Crippen LogP contribution is 2.21. The molecule has 0 saturated carbocycles. The molecule has 1 fully saturated rings. The lowest BCUT2D eigenvalue weighted by atomic mass is 9.98. The smallest absolute Gasteiger partial charge is 0.259 e. The van der Waals surface area contributed by atoms with Gasteiger partial charge in [0.05, 0.1) is 0 Å².